The van der Waals surface area contributed by atoms with Crippen molar-refractivity contribution >= 4 is 7.85 Å². The quantitative estimate of drug-likeness (QED) is 0.269. The van der Waals surface area contributed by atoms with Crippen LogP contribution in [0.5, 0.6) is 0 Å². The molecule has 0 aromatic carbocycles. The minimum absolute atomic E-state index is 0. The molecule has 0 aromatic rings. The third-order valence-electron chi connectivity index (χ3n) is 0. The molecule has 0 bridgehead atoms. The van der Waals surface area contributed by atoms with Crippen molar-refractivity contribution < 1.29 is 35.0 Å². The summed E-state index contributed by atoms with van der Waals surface area (Å²) in [5.41, 5.74) is 0. The molecule has 4 heteroatoms. The molecule has 0 amide bonds. The van der Waals surface area contributed by atoms with E-state index in [1.165, 1.54) is 0 Å². The molecule has 0 atom stereocenters. The molecule has 0 aliphatic carbocycles. The molecule has 2 nitrogen and oxygen atoms in total. The molecule has 0 aliphatic rings. The number of rotatable bonds is 0. The van der Waals surface area contributed by atoms with Crippen LogP contribution in [0.25, 0.3) is 0 Å². The molecule has 0 saturated carbocycles. The summed E-state index contributed by atoms with van der Waals surface area (Å²) in [7, 11) is 0.0694. The molecule has 0 aromatic heterocycles. The monoisotopic (exact) mass is 81.0 g/mol. The van der Waals surface area contributed by atoms with Gasteiger partial charge in [0, 0.05) is 0 Å². The van der Waals surface area contributed by atoms with E-state index in [0.717, 1.165) is 0 Å². The van der Waals surface area contributed by atoms with Crippen LogP contribution in [-0.2, 0) is 0 Å². The molecule has 0 saturated heterocycles. The van der Waals surface area contributed by atoms with Crippen LogP contribution in [-0.4, -0.2) is 13.3 Å². The Hall–Kier alpha value is 0.515. The van der Waals surface area contributed by atoms with Crippen molar-refractivity contribution in [1.29, 1.82) is 5.26 Å². The summed E-state index contributed by atoms with van der Waals surface area (Å²) >= 11 is 0. The molecule has 0 spiro atoms. The molecule has 0 fully saturated rings. The van der Waals surface area contributed by atoms with Crippen LogP contribution >= 0.6 is 0 Å². The van der Waals surface area contributed by atoms with Crippen LogP contribution < -0.4 is 29.6 Å². The van der Waals surface area contributed by atoms with Gasteiger partial charge < -0.3 is 5.48 Å². The molecule has 5 heavy (non-hydrogen) atoms. The first-order chi connectivity index (χ1) is 1.41. The zero-order chi connectivity index (χ0) is 2.71. The first-order valence-corrected chi connectivity index (χ1v) is 0.224. The summed E-state index contributed by atoms with van der Waals surface area (Å²) in [6, 6.07) is 0. The van der Waals surface area contributed by atoms with E-state index >= 15 is 0 Å². The Kier molecular flexibility index (Phi) is 86.4. The summed E-state index contributed by atoms with van der Waals surface area (Å²) in [4.78, 5) is 0. The van der Waals surface area contributed by atoms with Crippen LogP contribution in [0.3, 0.4) is 0 Å². The van der Waals surface area contributed by atoms with Gasteiger partial charge in [0.1, 0.15) is 0 Å². The number of hydrogen-bond donors (Lipinski definition) is 0. The minimum Gasteiger partial charge on any atom is -0.412 e. The Balaban J connectivity index is -0.0000000200. The van der Waals surface area contributed by atoms with Crippen LogP contribution in [0.15, 0.2) is 0 Å². The van der Waals surface area contributed by atoms with Crippen LogP contribution in [0.2, 0.25) is 0 Å². The second kappa shape index (κ2) is 24.3. The minimum atomic E-state index is 0. The van der Waals surface area contributed by atoms with Gasteiger partial charge in [0.25, 0.3) is 0 Å². The van der Waals surface area contributed by atoms with Crippen molar-refractivity contribution in [3.05, 3.63) is 0 Å². The first kappa shape index (κ1) is 17.8. The molecule has 0 rings (SSSR count). The van der Waals surface area contributed by atoms with E-state index in [4.69, 9.17) is 5.26 Å². The SMILES string of the molecule is O.[BH3-]C#N.[Na+]. The van der Waals surface area contributed by atoms with Crippen molar-refractivity contribution in [1.82, 2.24) is 0 Å². The fraction of sp³-hybridized carbons (Fsp3) is 0. The van der Waals surface area contributed by atoms with Crippen LogP contribution in [0.1, 0.15) is 0 Å². The molecule has 0 radical (unpaired) electrons. The van der Waals surface area contributed by atoms with Crippen molar-refractivity contribution in [2.24, 2.45) is 0 Å². The van der Waals surface area contributed by atoms with Gasteiger partial charge in [0.05, 0.1) is 7.85 Å². The van der Waals surface area contributed by atoms with Gasteiger partial charge in [-0.25, -0.2) is 0 Å². The Morgan fingerprint density at radius 1 is 1.60 bits per heavy atom. The Bertz CT molecular complexity index is 33.1. The van der Waals surface area contributed by atoms with Gasteiger partial charge in [-0.05, 0) is 0 Å². The maximum absolute atomic E-state index is 7.43. The van der Waals surface area contributed by atoms with Gasteiger partial charge in [-0.2, -0.15) is 5.97 Å². The van der Waals surface area contributed by atoms with E-state index in [1.54, 1.807) is 0 Å². The van der Waals surface area contributed by atoms with Crippen molar-refractivity contribution in [3.63, 3.8) is 0 Å². The summed E-state index contributed by atoms with van der Waals surface area (Å²) in [6.45, 7) is 0. The van der Waals surface area contributed by atoms with E-state index in [9.17, 15) is 0 Å². The molecule has 0 aliphatic heterocycles. The number of nitrogens with zero attached hydrogens (tertiary/aromatic N) is 1. The predicted octanol–water partition coefficient (Wildman–Crippen LogP) is -4.99. The van der Waals surface area contributed by atoms with Crippen LogP contribution in [0, 0.1) is 11.2 Å². The van der Waals surface area contributed by atoms with Crippen LogP contribution in [0.4, 0.5) is 0 Å². The summed E-state index contributed by atoms with van der Waals surface area (Å²) in [5.74, 6) is 2.00. The smallest absolute Gasteiger partial charge is 0.412 e. The Morgan fingerprint density at radius 3 is 1.60 bits per heavy atom. The van der Waals surface area contributed by atoms with Gasteiger partial charge in [-0.3, -0.25) is 5.26 Å². The molecule has 0 unspecified atom stereocenters. The second-order valence-electron chi connectivity index (χ2n) is 0. The largest absolute Gasteiger partial charge is 1.00 e. The maximum atomic E-state index is 7.43. The number of nitriles is 1. The molecule has 2 N–H and O–H groups in total. The molecule has 24 valence electrons. The van der Waals surface area contributed by atoms with Gasteiger partial charge in [0.2, 0.25) is 0 Å². The van der Waals surface area contributed by atoms with Crippen molar-refractivity contribution in [3.8, 4) is 5.97 Å². The summed E-state index contributed by atoms with van der Waals surface area (Å²) < 4.78 is 0. The Labute approximate surface area is 54.2 Å². The van der Waals surface area contributed by atoms with E-state index in [0.29, 0.717) is 0 Å². The van der Waals surface area contributed by atoms with E-state index in [2.05, 4.69) is 0 Å². The molecular weight excluding hydrogens is 75.8 g/mol. The average molecular weight is 80.9 g/mol. The zero-order valence-corrected chi connectivity index (χ0v) is 4.45. The van der Waals surface area contributed by atoms with Gasteiger partial charge in [-0.1, -0.05) is 0 Å². The van der Waals surface area contributed by atoms with E-state index in [1.807, 2.05) is 5.97 Å². The van der Waals surface area contributed by atoms with E-state index < -0.39 is 0 Å². The average Bonchev–Trinajstić information content (AvgIpc) is 0.918. The predicted molar refractivity (Wildman–Crippen MR) is 19.2 cm³/mol. The van der Waals surface area contributed by atoms with Gasteiger partial charge >= 0.3 is 29.6 Å². The standard InChI is InChI=1S/CH3BN.Na.H2O/c2-1-3;;/h2H3;;1H2/q-1;+1;. The second-order valence-corrected chi connectivity index (χ2v) is 0. The Morgan fingerprint density at radius 2 is 1.60 bits per heavy atom. The summed E-state index contributed by atoms with van der Waals surface area (Å²) in [5, 5.41) is 7.43. The maximum Gasteiger partial charge on any atom is 1.00 e. The van der Waals surface area contributed by atoms with Crippen molar-refractivity contribution in [2.75, 3.05) is 0 Å². The fourth-order valence-corrected chi connectivity index (χ4v) is 0. The van der Waals surface area contributed by atoms with Crippen molar-refractivity contribution in [2.45, 2.75) is 0 Å². The van der Waals surface area contributed by atoms with Gasteiger partial charge in [0.15, 0.2) is 0 Å². The number of hydrogen-bond acceptors (Lipinski definition) is 1. The summed E-state index contributed by atoms with van der Waals surface area (Å²) in [6.07, 6.45) is 0. The fourth-order valence-electron chi connectivity index (χ4n) is 0. The third-order valence-corrected chi connectivity index (χ3v) is 0. The first-order valence-electron chi connectivity index (χ1n) is 0.224. The van der Waals surface area contributed by atoms with E-state index in [-0.39, 0.29) is 42.9 Å². The molecule has 0 heterocycles. The molecular formula is CH5BNNaO. The topological polar surface area (TPSA) is 55.3 Å². The third kappa shape index (κ3) is 108. The van der Waals surface area contributed by atoms with Gasteiger partial charge in [-0.15, -0.1) is 0 Å². The zero-order valence-electron chi connectivity index (χ0n) is 2.45. The normalized spacial score (nSPS) is 1.60.